The fraction of sp³-hybridized carbons (Fsp3) is 0.438. The molecule has 6 heteroatoms. The zero-order valence-electron chi connectivity index (χ0n) is 12.8. The van der Waals surface area contributed by atoms with Crippen molar-refractivity contribution < 1.29 is 4.65 Å². The van der Waals surface area contributed by atoms with Crippen molar-refractivity contribution in [3.63, 3.8) is 0 Å². The van der Waals surface area contributed by atoms with Crippen LogP contribution in [0.25, 0.3) is 11.6 Å². The van der Waals surface area contributed by atoms with Crippen molar-refractivity contribution in [2.24, 2.45) is 0 Å². The van der Waals surface area contributed by atoms with Gasteiger partial charge in [0.05, 0.1) is 26.8 Å². The molecule has 0 amide bonds. The first-order chi connectivity index (χ1) is 10.6. The van der Waals surface area contributed by atoms with Crippen molar-refractivity contribution in [2.75, 3.05) is 18.8 Å². The van der Waals surface area contributed by atoms with Crippen LogP contribution >= 0.6 is 23.1 Å². The maximum atomic E-state index is 13.4. The summed E-state index contributed by atoms with van der Waals surface area (Å²) in [6, 6.07) is 0.390. The van der Waals surface area contributed by atoms with Gasteiger partial charge in [0.2, 0.25) is 0 Å². The predicted molar refractivity (Wildman–Crippen MR) is 93.1 cm³/mol. The molecule has 4 rings (SSSR count). The third kappa shape index (κ3) is 2.25. The van der Waals surface area contributed by atoms with Crippen LogP contribution in [0.1, 0.15) is 20.3 Å². The van der Waals surface area contributed by atoms with Gasteiger partial charge < -0.3 is 15.2 Å². The number of nitrogens with one attached hydrogen (secondary N) is 1. The molecule has 1 unspecified atom stereocenters. The van der Waals surface area contributed by atoms with E-state index in [9.17, 15) is 5.21 Å². The molecule has 22 heavy (non-hydrogen) atoms. The van der Waals surface area contributed by atoms with Crippen molar-refractivity contribution in [1.29, 1.82) is 0 Å². The van der Waals surface area contributed by atoms with Crippen LogP contribution in [-0.4, -0.2) is 34.5 Å². The van der Waals surface area contributed by atoms with Gasteiger partial charge in [-0.2, -0.15) is 0 Å². The molecule has 1 aromatic rings. The number of allylic oxidation sites excluding steroid dienone is 3. The Morgan fingerprint density at radius 1 is 1.41 bits per heavy atom. The highest BCUT2D eigenvalue weighted by Gasteiger charge is 2.37. The molecule has 4 nitrogen and oxygen atoms in total. The second kappa shape index (κ2) is 5.23. The first-order valence-electron chi connectivity index (χ1n) is 7.63. The lowest BCUT2D eigenvalue weighted by molar-refractivity contribution is -0.827. The molecule has 0 fully saturated rings. The Morgan fingerprint density at radius 3 is 3.09 bits per heavy atom. The zero-order valence-corrected chi connectivity index (χ0v) is 14.4. The van der Waals surface area contributed by atoms with Gasteiger partial charge in [-0.25, -0.2) is 4.98 Å². The number of rotatable bonds is 2. The molecule has 2 aliphatic heterocycles. The van der Waals surface area contributed by atoms with Gasteiger partial charge in [0.25, 0.3) is 0 Å². The molecule has 1 aliphatic carbocycles. The third-order valence-corrected chi connectivity index (χ3v) is 6.07. The summed E-state index contributed by atoms with van der Waals surface area (Å²) in [5, 5.41) is 17.9. The Bertz CT molecular complexity index is 806. The Kier molecular flexibility index (Phi) is 3.45. The van der Waals surface area contributed by atoms with Crippen molar-refractivity contribution >= 4 is 34.7 Å². The second-order valence-corrected chi connectivity index (χ2v) is 8.27. The SMILES string of the molecule is CC(C)NC1=CC2=C3C(=c4ncsc4=CC[N+]3([O-])CCS2)C1. The van der Waals surface area contributed by atoms with Crippen LogP contribution in [0.3, 0.4) is 0 Å². The molecule has 0 radical (unpaired) electrons. The molecule has 0 saturated heterocycles. The van der Waals surface area contributed by atoms with E-state index in [4.69, 9.17) is 0 Å². The maximum absolute atomic E-state index is 13.4. The highest BCUT2D eigenvalue weighted by Crippen LogP contribution is 2.43. The first kappa shape index (κ1) is 14.5. The number of hydrogen-bond donors (Lipinski definition) is 1. The highest BCUT2D eigenvalue weighted by atomic mass is 32.2. The van der Waals surface area contributed by atoms with Crippen LogP contribution in [0.15, 0.2) is 27.9 Å². The van der Waals surface area contributed by atoms with Gasteiger partial charge in [0.15, 0.2) is 5.70 Å². The summed E-state index contributed by atoms with van der Waals surface area (Å²) >= 11 is 3.45. The van der Waals surface area contributed by atoms with Gasteiger partial charge in [-0.1, -0.05) is 0 Å². The molecule has 0 aromatic carbocycles. The van der Waals surface area contributed by atoms with Crippen LogP contribution in [0, 0.1) is 5.21 Å². The number of aromatic nitrogens is 1. The second-order valence-electron chi connectivity index (χ2n) is 6.25. The lowest BCUT2D eigenvalue weighted by Crippen LogP contribution is -2.46. The normalized spacial score (nSPS) is 26.9. The van der Waals surface area contributed by atoms with Crippen LogP contribution in [0.5, 0.6) is 0 Å². The zero-order chi connectivity index (χ0) is 15.3. The van der Waals surface area contributed by atoms with Crippen molar-refractivity contribution in [1.82, 2.24) is 10.3 Å². The topological polar surface area (TPSA) is 48.0 Å². The smallest absolute Gasteiger partial charge is 0.152 e. The average Bonchev–Trinajstić information content (AvgIpc) is 2.88. The highest BCUT2D eigenvalue weighted by molar-refractivity contribution is 8.03. The molecule has 1 aromatic heterocycles. The monoisotopic (exact) mass is 333 g/mol. The fourth-order valence-corrected chi connectivity index (χ4v) is 5.36. The van der Waals surface area contributed by atoms with Crippen LogP contribution < -0.4 is 15.2 Å². The number of hydroxylamine groups is 3. The lowest BCUT2D eigenvalue weighted by atomic mass is 9.98. The average molecular weight is 333 g/mol. The quantitative estimate of drug-likeness (QED) is 0.660. The molecule has 0 bridgehead atoms. The summed E-state index contributed by atoms with van der Waals surface area (Å²) in [5.41, 5.74) is 5.19. The molecule has 1 N–H and O–H groups in total. The number of quaternary nitrogens is 1. The number of nitrogens with zero attached hydrogens (tertiary/aromatic N) is 2. The summed E-state index contributed by atoms with van der Waals surface area (Å²) in [6.07, 6.45) is 5.05. The van der Waals surface area contributed by atoms with Gasteiger partial charge in [-0.3, -0.25) is 0 Å². The third-order valence-electron chi connectivity index (χ3n) is 4.24. The minimum Gasteiger partial charge on any atom is -0.627 e. The fourth-order valence-electron chi connectivity index (χ4n) is 3.37. The number of hydrogen-bond acceptors (Lipinski definition) is 5. The predicted octanol–water partition coefficient (Wildman–Crippen LogP) is 1.65. The summed E-state index contributed by atoms with van der Waals surface area (Å²) in [4.78, 5) is 5.71. The van der Waals surface area contributed by atoms with E-state index in [1.165, 1.54) is 5.70 Å². The van der Waals surface area contributed by atoms with E-state index in [2.05, 4.69) is 36.3 Å². The molecule has 3 heterocycles. The van der Waals surface area contributed by atoms with Gasteiger partial charge in [-0.15, -0.1) is 23.1 Å². The van der Waals surface area contributed by atoms with Crippen molar-refractivity contribution in [2.45, 2.75) is 26.3 Å². The van der Waals surface area contributed by atoms with Crippen LogP contribution in [0.2, 0.25) is 0 Å². The molecular weight excluding hydrogens is 314 g/mol. The van der Waals surface area contributed by atoms with E-state index < -0.39 is 0 Å². The van der Waals surface area contributed by atoms with Gasteiger partial charge in [0, 0.05) is 29.5 Å². The van der Waals surface area contributed by atoms with E-state index in [0.717, 1.165) is 38.2 Å². The standard InChI is InChI=1S/C16H19N3OS2/c1-10(2)18-11-7-12-15-13(22-9-17-15)3-4-19(20)5-6-21-14(8-11)16(12)19/h3,8-10,18H,4-7H2,1-2H3. The Hall–Kier alpha value is -1.08. The van der Waals surface area contributed by atoms with Gasteiger partial charge in [-0.05, 0) is 26.0 Å². The van der Waals surface area contributed by atoms with Gasteiger partial charge >= 0.3 is 0 Å². The molecule has 3 aliphatic rings. The molecule has 116 valence electrons. The van der Waals surface area contributed by atoms with Crippen LogP contribution in [-0.2, 0) is 0 Å². The Balaban J connectivity index is 1.98. The first-order valence-corrected chi connectivity index (χ1v) is 9.49. The summed E-state index contributed by atoms with van der Waals surface area (Å²) in [7, 11) is 0. The largest absolute Gasteiger partial charge is 0.627 e. The Labute approximate surface area is 138 Å². The molecular formula is C16H19N3OS2. The molecule has 0 spiro atoms. The summed E-state index contributed by atoms with van der Waals surface area (Å²) in [5.74, 6) is 0.885. The minimum absolute atomic E-state index is 0.216. The number of thiazole rings is 1. The van der Waals surface area contributed by atoms with Crippen LogP contribution in [0.4, 0.5) is 0 Å². The molecule has 1 atom stereocenters. The van der Waals surface area contributed by atoms with Crippen molar-refractivity contribution in [3.8, 4) is 0 Å². The van der Waals surface area contributed by atoms with E-state index >= 15 is 0 Å². The van der Waals surface area contributed by atoms with E-state index in [1.807, 2.05) is 17.3 Å². The lowest BCUT2D eigenvalue weighted by Gasteiger charge is -2.47. The van der Waals surface area contributed by atoms with Crippen molar-refractivity contribution in [3.05, 3.63) is 43.0 Å². The van der Waals surface area contributed by atoms with E-state index in [1.54, 1.807) is 11.3 Å². The van der Waals surface area contributed by atoms with E-state index in [-0.39, 0.29) is 4.65 Å². The number of thioether (sulfide) groups is 1. The summed E-state index contributed by atoms with van der Waals surface area (Å²) in [6.45, 7) is 5.47. The van der Waals surface area contributed by atoms with E-state index in [0.29, 0.717) is 19.1 Å². The molecule has 0 saturated carbocycles. The maximum Gasteiger partial charge on any atom is 0.152 e. The minimum atomic E-state index is -0.216. The summed E-state index contributed by atoms with van der Waals surface area (Å²) < 4.78 is 0.937. The van der Waals surface area contributed by atoms with Gasteiger partial charge in [0.1, 0.15) is 6.54 Å². The Morgan fingerprint density at radius 2 is 2.27 bits per heavy atom. The number of fused-ring (bicyclic) bond motifs is 1.